The molecule has 1 fully saturated rings. The molecule has 3 heterocycles. The first-order chi connectivity index (χ1) is 13.2. The molecule has 0 radical (unpaired) electrons. The molecule has 0 bridgehead atoms. The number of aliphatic hydroxyl groups is 1. The van der Waals surface area contributed by atoms with E-state index in [9.17, 15) is 18.3 Å². The van der Waals surface area contributed by atoms with Gasteiger partial charge < -0.3 is 5.11 Å². The molecule has 5 nitrogen and oxygen atoms in total. The molecular formula is C20H21F3N4O. The minimum absolute atomic E-state index is 0.480. The number of aromatic nitrogens is 2. The number of alkyl halides is 3. The van der Waals surface area contributed by atoms with Crippen LogP contribution < -0.4 is 0 Å². The number of rotatable bonds is 2. The molecule has 8 heteroatoms. The van der Waals surface area contributed by atoms with Crippen LogP contribution in [-0.4, -0.2) is 51.0 Å². The number of hydrogen-bond acceptors (Lipinski definition) is 5. The molecule has 0 aliphatic carbocycles. The third-order valence-corrected chi connectivity index (χ3v) is 5.57. The third-order valence-electron chi connectivity index (χ3n) is 5.57. The summed E-state index contributed by atoms with van der Waals surface area (Å²) < 4.78 is 38.4. The smallest absolute Gasteiger partial charge is 0.376 e. The van der Waals surface area contributed by atoms with Gasteiger partial charge in [0.25, 0.3) is 0 Å². The molecular weight excluding hydrogens is 369 g/mol. The Labute approximate surface area is 161 Å². The molecule has 2 atom stereocenters. The Morgan fingerprint density at radius 3 is 2.46 bits per heavy atom. The number of aliphatic imine (C=N–C) groups is 1. The second-order valence-electron chi connectivity index (χ2n) is 7.56. The number of likely N-dealkylation sites (tertiary alicyclic amines) is 1. The second kappa shape index (κ2) is 6.63. The van der Waals surface area contributed by atoms with Crippen LogP contribution in [0.2, 0.25) is 0 Å². The number of likely N-dealkylation sites (N-methyl/N-ethyl adjacent to an activating group) is 1. The molecule has 1 spiro atoms. The predicted octanol–water partition coefficient (Wildman–Crippen LogP) is 3.45. The van der Waals surface area contributed by atoms with E-state index in [4.69, 9.17) is 4.99 Å². The Balaban J connectivity index is 1.67. The third kappa shape index (κ3) is 3.31. The van der Waals surface area contributed by atoms with E-state index >= 15 is 0 Å². The fourth-order valence-corrected chi connectivity index (χ4v) is 3.95. The van der Waals surface area contributed by atoms with Gasteiger partial charge in [-0.05, 0) is 51.4 Å². The Morgan fingerprint density at radius 2 is 1.86 bits per heavy atom. The van der Waals surface area contributed by atoms with Gasteiger partial charge in [-0.25, -0.2) is 9.97 Å². The van der Waals surface area contributed by atoms with E-state index in [0.29, 0.717) is 29.2 Å². The van der Waals surface area contributed by atoms with Crippen molar-refractivity contribution < 1.29 is 18.3 Å². The minimum atomic E-state index is -4.37. The largest absolute Gasteiger partial charge is 0.416 e. The highest BCUT2D eigenvalue weighted by atomic mass is 19.4. The summed E-state index contributed by atoms with van der Waals surface area (Å²) in [5.74, 6) is 0.480. The van der Waals surface area contributed by atoms with Crippen LogP contribution in [-0.2, 0) is 6.18 Å². The maximum Gasteiger partial charge on any atom is 0.416 e. The molecule has 1 saturated heterocycles. The van der Waals surface area contributed by atoms with Crippen LogP contribution in [0.15, 0.2) is 35.3 Å². The summed E-state index contributed by atoms with van der Waals surface area (Å²) >= 11 is 0. The molecule has 1 N–H and O–H groups in total. The topological polar surface area (TPSA) is 61.6 Å². The minimum Gasteiger partial charge on any atom is -0.376 e. The van der Waals surface area contributed by atoms with Gasteiger partial charge in [-0.1, -0.05) is 12.1 Å². The fraction of sp³-hybridized carbons (Fsp3) is 0.450. The highest BCUT2D eigenvalue weighted by molar-refractivity contribution is 5.99. The van der Waals surface area contributed by atoms with Crippen LogP contribution in [0, 0.1) is 6.92 Å². The van der Waals surface area contributed by atoms with Gasteiger partial charge in [0.15, 0.2) is 5.82 Å². The first-order valence-corrected chi connectivity index (χ1v) is 9.19. The van der Waals surface area contributed by atoms with E-state index in [1.165, 1.54) is 12.1 Å². The van der Waals surface area contributed by atoms with Crippen molar-refractivity contribution in [3.05, 3.63) is 47.4 Å². The summed E-state index contributed by atoms with van der Waals surface area (Å²) in [6.07, 6.45) is -2.80. The van der Waals surface area contributed by atoms with Crippen LogP contribution in [0.4, 0.5) is 13.2 Å². The molecule has 2 unspecified atom stereocenters. The van der Waals surface area contributed by atoms with Crippen molar-refractivity contribution in [3.8, 4) is 11.3 Å². The Kier molecular flexibility index (Phi) is 4.50. The number of nitrogens with zero attached hydrogens (tertiary/aromatic N) is 4. The van der Waals surface area contributed by atoms with E-state index in [-0.39, 0.29) is 0 Å². The van der Waals surface area contributed by atoms with Crippen molar-refractivity contribution in [1.29, 1.82) is 0 Å². The molecule has 2 aromatic rings. The van der Waals surface area contributed by atoms with Crippen molar-refractivity contribution in [2.24, 2.45) is 4.99 Å². The zero-order chi connectivity index (χ0) is 20.1. The van der Waals surface area contributed by atoms with Crippen molar-refractivity contribution in [1.82, 2.24) is 14.9 Å². The number of benzene rings is 1. The highest BCUT2D eigenvalue weighted by Gasteiger charge is 2.48. The SMILES string of the molecule is Cc1cc(-c2ccc(C(F)(F)F)cc2)nc(C2=NC3(CC2)CCN(C)C3O)n1. The average Bonchev–Trinajstić information content (AvgIpc) is 3.21. The van der Waals surface area contributed by atoms with E-state index in [0.717, 1.165) is 37.2 Å². The summed E-state index contributed by atoms with van der Waals surface area (Å²) in [5, 5.41) is 10.5. The van der Waals surface area contributed by atoms with Gasteiger partial charge in [0, 0.05) is 17.8 Å². The van der Waals surface area contributed by atoms with Crippen molar-refractivity contribution in [3.63, 3.8) is 0 Å². The number of aryl methyl sites for hydroxylation is 1. The van der Waals surface area contributed by atoms with Gasteiger partial charge in [-0.2, -0.15) is 13.2 Å². The van der Waals surface area contributed by atoms with Crippen molar-refractivity contribution in [2.75, 3.05) is 13.6 Å². The van der Waals surface area contributed by atoms with Gasteiger partial charge >= 0.3 is 6.18 Å². The maximum absolute atomic E-state index is 12.8. The molecule has 4 rings (SSSR count). The summed E-state index contributed by atoms with van der Waals surface area (Å²) in [6, 6.07) is 6.69. The molecule has 28 heavy (non-hydrogen) atoms. The Morgan fingerprint density at radius 1 is 1.14 bits per heavy atom. The number of halogens is 3. The zero-order valence-electron chi connectivity index (χ0n) is 15.7. The van der Waals surface area contributed by atoms with E-state index in [1.807, 2.05) is 18.9 Å². The van der Waals surface area contributed by atoms with Gasteiger partial charge in [0.1, 0.15) is 11.8 Å². The van der Waals surface area contributed by atoms with Crippen molar-refractivity contribution in [2.45, 2.75) is 44.1 Å². The molecule has 2 aliphatic heterocycles. The van der Waals surface area contributed by atoms with E-state index in [2.05, 4.69) is 9.97 Å². The van der Waals surface area contributed by atoms with Gasteiger partial charge in [-0.3, -0.25) is 9.89 Å². The second-order valence-corrected chi connectivity index (χ2v) is 7.56. The lowest BCUT2D eigenvalue weighted by atomic mass is 9.94. The molecule has 0 amide bonds. The monoisotopic (exact) mass is 390 g/mol. The van der Waals surface area contributed by atoms with Gasteiger partial charge in [0.2, 0.25) is 0 Å². The Hall–Kier alpha value is -2.32. The van der Waals surface area contributed by atoms with Crippen LogP contribution in [0.25, 0.3) is 11.3 Å². The normalized spacial score (nSPS) is 25.5. The molecule has 1 aromatic heterocycles. The summed E-state index contributed by atoms with van der Waals surface area (Å²) in [4.78, 5) is 15.7. The molecule has 148 valence electrons. The highest BCUT2D eigenvalue weighted by Crippen LogP contribution is 2.39. The maximum atomic E-state index is 12.8. The summed E-state index contributed by atoms with van der Waals surface area (Å²) in [6.45, 7) is 2.60. The Bertz CT molecular complexity index is 926. The summed E-state index contributed by atoms with van der Waals surface area (Å²) in [5.41, 5.74) is 1.41. The predicted molar refractivity (Wildman–Crippen MR) is 99.0 cm³/mol. The lowest BCUT2D eigenvalue weighted by Gasteiger charge is -2.26. The zero-order valence-corrected chi connectivity index (χ0v) is 15.7. The van der Waals surface area contributed by atoms with Gasteiger partial charge in [0.05, 0.1) is 17.0 Å². The fourth-order valence-electron chi connectivity index (χ4n) is 3.95. The first kappa shape index (κ1) is 19.0. The lowest BCUT2D eigenvalue weighted by molar-refractivity contribution is -0.137. The molecule has 0 saturated carbocycles. The van der Waals surface area contributed by atoms with Gasteiger partial charge in [-0.15, -0.1) is 0 Å². The van der Waals surface area contributed by atoms with Crippen LogP contribution in [0.1, 0.15) is 36.3 Å². The van der Waals surface area contributed by atoms with Crippen LogP contribution in [0.5, 0.6) is 0 Å². The van der Waals surface area contributed by atoms with Crippen LogP contribution in [0.3, 0.4) is 0 Å². The lowest BCUT2D eigenvalue weighted by Crippen LogP contribution is -2.40. The van der Waals surface area contributed by atoms with E-state index < -0.39 is 23.5 Å². The van der Waals surface area contributed by atoms with Crippen LogP contribution >= 0.6 is 0 Å². The number of hydrogen-bond donors (Lipinski definition) is 1. The standard InChI is InChI=1S/C20H21F3N4O/c1-12-11-16(13-3-5-14(6-4-13)20(21,22)23)25-17(24-12)15-7-8-19(26-15)9-10-27(2)18(19)28/h3-6,11,18,28H,7-10H2,1-2H3. The summed E-state index contributed by atoms with van der Waals surface area (Å²) in [7, 11) is 1.87. The molecule has 1 aromatic carbocycles. The van der Waals surface area contributed by atoms with Crippen molar-refractivity contribution >= 4 is 5.71 Å². The molecule has 2 aliphatic rings. The average molecular weight is 390 g/mol. The van der Waals surface area contributed by atoms with E-state index in [1.54, 1.807) is 6.07 Å². The first-order valence-electron chi connectivity index (χ1n) is 9.19. The number of aliphatic hydroxyl groups excluding tert-OH is 1. The quantitative estimate of drug-likeness (QED) is 0.853.